The van der Waals surface area contributed by atoms with E-state index in [1.54, 1.807) is 0 Å². The summed E-state index contributed by atoms with van der Waals surface area (Å²) >= 11 is 0. The van der Waals surface area contributed by atoms with E-state index in [-0.39, 0.29) is 0 Å². The topological polar surface area (TPSA) is 4.93 Å². The van der Waals surface area contributed by atoms with Crippen molar-refractivity contribution in [3.05, 3.63) is 140 Å². The summed E-state index contributed by atoms with van der Waals surface area (Å²) in [4.78, 5) is 0. The molecule has 0 radical (unpaired) electrons. The molecule has 10 rings (SSSR count). The van der Waals surface area contributed by atoms with Crippen molar-refractivity contribution < 1.29 is 0 Å². The summed E-state index contributed by atoms with van der Waals surface area (Å²) in [7, 11) is 0. The molecular formula is C40H23N. The van der Waals surface area contributed by atoms with Crippen LogP contribution in [0.3, 0.4) is 0 Å². The molecule has 188 valence electrons. The number of hydrogen-bond donors (Lipinski definition) is 0. The molecule has 8 aromatic carbocycles. The van der Waals surface area contributed by atoms with E-state index < -0.39 is 0 Å². The lowest BCUT2D eigenvalue weighted by molar-refractivity contribution is 1.19. The van der Waals surface area contributed by atoms with Crippen LogP contribution in [-0.2, 0) is 0 Å². The minimum atomic E-state index is 1.21. The molecule has 41 heavy (non-hydrogen) atoms. The largest absolute Gasteiger partial charge is 0.309 e. The molecule has 0 unspecified atom stereocenters. The van der Waals surface area contributed by atoms with Crippen molar-refractivity contribution in [2.45, 2.75) is 0 Å². The van der Waals surface area contributed by atoms with Gasteiger partial charge in [-0.15, -0.1) is 0 Å². The molecule has 0 atom stereocenters. The summed E-state index contributed by atoms with van der Waals surface area (Å²) in [6.45, 7) is 0. The molecule has 9 aromatic rings. The van der Waals surface area contributed by atoms with Crippen LogP contribution in [0.25, 0.3) is 93.2 Å². The standard InChI is InChI=1S/C40H23N/c1-2-6-24(7-3-1)27-14-15-28-20-33-35(22-30(28)18-27)34-21-29-16-17-32(19-31(29)23-36(33)34)41-37-10-4-8-25-12-13-26-9-5-11-38(41)40(26)39(25)37/h1-23H. The Morgan fingerprint density at radius 1 is 0.317 bits per heavy atom. The number of rotatable bonds is 2. The maximum Gasteiger partial charge on any atom is 0.0547 e. The Labute approximate surface area is 236 Å². The van der Waals surface area contributed by atoms with Crippen LogP contribution < -0.4 is 0 Å². The number of fused-ring (bicyclic) bond motifs is 6. The molecule has 0 saturated heterocycles. The Bertz CT molecular complexity index is 2450. The molecule has 0 bridgehead atoms. The second-order valence-electron chi connectivity index (χ2n) is 11.4. The van der Waals surface area contributed by atoms with Gasteiger partial charge in [-0.05, 0) is 120 Å². The van der Waals surface area contributed by atoms with E-state index in [2.05, 4.69) is 144 Å². The molecule has 0 fully saturated rings. The number of aromatic nitrogens is 1. The molecule has 1 nitrogen and oxygen atoms in total. The van der Waals surface area contributed by atoms with E-state index in [1.807, 2.05) is 0 Å². The first kappa shape index (κ1) is 21.4. The summed E-state index contributed by atoms with van der Waals surface area (Å²) in [5.74, 6) is 0. The summed E-state index contributed by atoms with van der Waals surface area (Å²) in [5.41, 5.74) is 11.7. The fraction of sp³-hybridized carbons (Fsp3) is 0. The van der Waals surface area contributed by atoms with Gasteiger partial charge in [0.1, 0.15) is 0 Å². The van der Waals surface area contributed by atoms with E-state index in [1.165, 1.54) is 93.2 Å². The van der Waals surface area contributed by atoms with E-state index in [0.717, 1.165) is 0 Å². The Hall–Kier alpha value is -5.40. The van der Waals surface area contributed by atoms with Crippen molar-refractivity contribution in [2.24, 2.45) is 0 Å². The van der Waals surface area contributed by atoms with Gasteiger partial charge < -0.3 is 4.57 Å². The van der Waals surface area contributed by atoms with E-state index >= 15 is 0 Å². The van der Waals surface area contributed by atoms with Gasteiger partial charge in [0.25, 0.3) is 0 Å². The average Bonchev–Trinajstić information content (AvgIpc) is 3.38. The van der Waals surface area contributed by atoms with Crippen LogP contribution in [0.5, 0.6) is 0 Å². The van der Waals surface area contributed by atoms with E-state index in [4.69, 9.17) is 0 Å². The molecule has 0 aliphatic heterocycles. The van der Waals surface area contributed by atoms with Crippen LogP contribution >= 0.6 is 0 Å². The van der Waals surface area contributed by atoms with Gasteiger partial charge in [-0.3, -0.25) is 0 Å². The first-order valence-electron chi connectivity index (χ1n) is 14.3. The van der Waals surface area contributed by atoms with E-state index in [9.17, 15) is 0 Å². The molecular weight excluding hydrogens is 494 g/mol. The minimum absolute atomic E-state index is 1.21. The van der Waals surface area contributed by atoms with Crippen molar-refractivity contribution >= 4 is 54.1 Å². The molecule has 0 spiro atoms. The van der Waals surface area contributed by atoms with Crippen molar-refractivity contribution in [3.8, 4) is 39.1 Å². The van der Waals surface area contributed by atoms with Gasteiger partial charge in [0.15, 0.2) is 0 Å². The van der Waals surface area contributed by atoms with Crippen molar-refractivity contribution in [3.63, 3.8) is 0 Å². The molecule has 0 saturated carbocycles. The molecule has 1 aliphatic carbocycles. The lowest BCUT2D eigenvalue weighted by atomic mass is 9.77. The molecule has 1 aromatic heterocycles. The predicted molar refractivity (Wildman–Crippen MR) is 174 cm³/mol. The maximum absolute atomic E-state index is 2.44. The summed E-state index contributed by atoms with van der Waals surface area (Å²) < 4.78 is 2.44. The van der Waals surface area contributed by atoms with Crippen LogP contribution in [0.15, 0.2) is 140 Å². The highest BCUT2D eigenvalue weighted by molar-refractivity contribution is 6.24. The monoisotopic (exact) mass is 517 g/mol. The van der Waals surface area contributed by atoms with Crippen molar-refractivity contribution in [1.82, 2.24) is 4.57 Å². The second kappa shape index (κ2) is 7.62. The third-order valence-electron chi connectivity index (χ3n) is 9.21. The third kappa shape index (κ3) is 2.85. The van der Waals surface area contributed by atoms with Gasteiger partial charge >= 0.3 is 0 Å². The highest BCUT2D eigenvalue weighted by atomic mass is 15.0. The van der Waals surface area contributed by atoms with Gasteiger partial charge in [0, 0.05) is 16.5 Å². The first-order valence-corrected chi connectivity index (χ1v) is 14.3. The van der Waals surface area contributed by atoms with Crippen molar-refractivity contribution in [2.75, 3.05) is 0 Å². The van der Waals surface area contributed by atoms with Crippen LogP contribution in [0.1, 0.15) is 0 Å². The third-order valence-corrected chi connectivity index (χ3v) is 9.21. The summed E-state index contributed by atoms with van der Waals surface area (Å²) in [5, 5.41) is 10.5. The zero-order chi connectivity index (χ0) is 26.7. The lowest BCUT2D eigenvalue weighted by Crippen LogP contribution is -2.00. The van der Waals surface area contributed by atoms with Crippen LogP contribution in [-0.4, -0.2) is 4.57 Å². The van der Waals surface area contributed by atoms with Crippen LogP contribution in [0, 0.1) is 0 Å². The molecule has 1 heteroatoms. The highest BCUT2D eigenvalue weighted by Gasteiger charge is 2.24. The molecule has 0 amide bonds. The molecule has 0 N–H and O–H groups in total. The fourth-order valence-corrected chi connectivity index (χ4v) is 7.26. The Balaban J connectivity index is 1.13. The molecule has 1 heterocycles. The number of hydrogen-bond acceptors (Lipinski definition) is 0. The van der Waals surface area contributed by atoms with Gasteiger partial charge in [-0.25, -0.2) is 0 Å². The first-order chi connectivity index (χ1) is 20.3. The Morgan fingerprint density at radius 3 is 1.49 bits per heavy atom. The number of benzene rings is 8. The zero-order valence-corrected chi connectivity index (χ0v) is 22.2. The van der Waals surface area contributed by atoms with Gasteiger partial charge in [-0.1, -0.05) is 84.9 Å². The quantitative estimate of drug-likeness (QED) is 0.201. The van der Waals surface area contributed by atoms with Gasteiger partial charge in [0.05, 0.1) is 11.0 Å². The van der Waals surface area contributed by atoms with Gasteiger partial charge in [0.2, 0.25) is 0 Å². The SMILES string of the molecule is c1ccc(-c2ccc3cc4c(cc3c2)-c2cc3ccc(-n5c6cccc7ccc8cccc5c8c76)cc3cc2-4)cc1. The highest BCUT2D eigenvalue weighted by Crippen LogP contribution is 2.51. The van der Waals surface area contributed by atoms with Crippen molar-refractivity contribution in [1.29, 1.82) is 0 Å². The fourth-order valence-electron chi connectivity index (χ4n) is 7.26. The summed E-state index contributed by atoms with van der Waals surface area (Å²) in [6.07, 6.45) is 0. The van der Waals surface area contributed by atoms with Crippen LogP contribution in [0.2, 0.25) is 0 Å². The normalized spacial score (nSPS) is 12.4. The minimum Gasteiger partial charge on any atom is -0.309 e. The predicted octanol–water partition coefficient (Wildman–Crippen LogP) is 11.0. The Kier molecular flexibility index (Phi) is 3.98. The smallest absolute Gasteiger partial charge is 0.0547 e. The summed E-state index contributed by atoms with van der Waals surface area (Å²) in [6, 6.07) is 51.7. The lowest BCUT2D eigenvalue weighted by Gasteiger charge is -2.26. The van der Waals surface area contributed by atoms with Crippen LogP contribution in [0.4, 0.5) is 0 Å². The van der Waals surface area contributed by atoms with E-state index in [0.29, 0.717) is 0 Å². The second-order valence-corrected chi connectivity index (χ2v) is 11.4. The zero-order valence-electron chi connectivity index (χ0n) is 22.2. The average molecular weight is 518 g/mol. The Morgan fingerprint density at radius 2 is 0.854 bits per heavy atom. The molecule has 1 aliphatic rings. The maximum atomic E-state index is 2.44. The van der Waals surface area contributed by atoms with Gasteiger partial charge in [-0.2, -0.15) is 0 Å². The number of nitrogens with zero attached hydrogens (tertiary/aromatic N) is 1.